The summed E-state index contributed by atoms with van der Waals surface area (Å²) in [6.07, 6.45) is 2.55. The molecular weight excluding hydrogens is 202 g/mol. The molecule has 86 valence electrons. The van der Waals surface area contributed by atoms with Gasteiger partial charge in [-0.15, -0.1) is 0 Å². The van der Waals surface area contributed by atoms with Gasteiger partial charge in [-0.1, -0.05) is 0 Å². The van der Waals surface area contributed by atoms with E-state index in [9.17, 15) is 0 Å². The molecule has 0 aliphatic heterocycles. The van der Waals surface area contributed by atoms with Gasteiger partial charge in [0.15, 0.2) is 5.65 Å². The molecule has 2 N–H and O–H groups in total. The second-order valence-electron chi connectivity index (χ2n) is 3.98. The highest BCUT2D eigenvalue weighted by atomic mass is 15.4. The molecule has 0 amide bonds. The summed E-state index contributed by atoms with van der Waals surface area (Å²) in [6, 6.07) is 4.13. The van der Waals surface area contributed by atoms with Gasteiger partial charge in [0.25, 0.3) is 0 Å². The fourth-order valence-electron chi connectivity index (χ4n) is 1.75. The van der Waals surface area contributed by atoms with Gasteiger partial charge in [-0.05, 0) is 37.6 Å². The Morgan fingerprint density at radius 1 is 1.44 bits per heavy atom. The Balaban J connectivity index is 2.38. The predicted octanol–water partition coefficient (Wildman–Crippen LogP) is 0.823. The molecule has 2 heterocycles. The van der Waals surface area contributed by atoms with Crippen molar-refractivity contribution in [3.05, 3.63) is 24.0 Å². The van der Waals surface area contributed by atoms with Crippen LogP contribution >= 0.6 is 0 Å². The van der Waals surface area contributed by atoms with Gasteiger partial charge < -0.3 is 10.6 Å². The molecule has 0 atom stereocenters. The van der Waals surface area contributed by atoms with E-state index < -0.39 is 0 Å². The Morgan fingerprint density at radius 2 is 2.25 bits per heavy atom. The number of fused-ring (bicyclic) bond motifs is 1. The standard InChI is InChI=1S/C11H17N5/c1-9-6-10-13-8-14-16(10)11(7-9)15(2)5-3-4-12/h6-8H,3-5,12H2,1-2H3. The van der Waals surface area contributed by atoms with E-state index >= 15 is 0 Å². The number of pyridine rings is 1. The largest absolute Gasteiger partial charge is 0.360 e. The SMILES string of the molecule is Cc1cc(N(C)CCCN)n2ncnc2c1. The van der Waals surface area contributed by atoms with Gasteiger partial charge in [0.1, 0.15) is 12.1 Å². The van der Waals surface area contributed by atoms with Gasteiger partial charge in [0, 0.05) is 13.6 Å². The molecule has 0 fully saturated rings. The maximum Gasteiger partial charge on any atom is 0.157 e. The van der Waals surface area contributed by atoms with Crippen molar-refractivity contribution in [2.45, 2.75) is 13.3 Å². The number of nitrogens with zero attached hydrogens (tertiary/aromatic N) is 4. The number of hydrogen-bond donors (Lipinski definition) is 1. The fraction of sp³-hybridized carbons (Fsp3) is 0.455. The average molecular weight is 219 g/mol. The summed E-state index contributed by atoms with van der Waals surface area (Å²) in [4.78, 5) is 6.36. The van der Waals surface area contributed by atoms with E-state index in [1.165, 1.54) is 5.56 Å². The first-order valence-electron chi connectivity index (χ1n) is 5.44. The van der Waals surface area contributed by atoms with Crippen molar-refractivity contribution >= 4 is 11.5 Å². The first-order valence-corrected chi connectivity index (χ1v) is 5.44. The lowest BCUT2D eigenvalue weighted by molar-refractivity contribution is 0.768. The van der Waals surface area contributed by atoms with Crippen LogP contribution in [0, 0.1) is 6.92 Å². The minimum atomic E-state index is 0.705. The topological polar surface area (TPSA) is 59.5 Å². The van der Waals surface area contributed by atoms with Gasteiger partial charge in [-0.3, -0.25) is 0 Å². The Morgan fingerprint density at radius 3 is 3.00 bits per heavy atom. The number of nitrogens with two attached hydrogens (primary N) is 1. The van der Waals surface area contributed by atoms with Gasteiger partial charge in [0.05, 0.1) is 0 Å². The van der Waals surface area contributed by atoms with E-state index in [1.807, 2.05) is 17.6 Å². The molecule has 0 aromatic carbocycles. The molecule has 2 aromatic rings. The summed E-state index contributed by atoms with van der Waals surface area (Å²) < 4.78 is 1.85. The lowest BCUT2D eigenvalue weighted by Gasteiger charge is -2.19. The third-order valence-corrected chi connectivity index (χ3v) is 2.59. The zero-order chi connectivity index (χ0) is 11.5. The molecule has 16 heavy (non-hydrogen) atoms. The van der Waals surface area contributed by atoms with Crippen LogP contribution in [0.1, 0.15) is 12.0 Å². The van der Waals surface area contributed by atoms with Crippen molar-refractivity contribution in [3.63, 3.8) is 0 Å². The number of rotatable bonds is 4. The van der Waals surface area contributed by atoms with Crippen LogP contribution in [0.3, 0.4) is 0 Å². The molecule has 0 saturated carbocycles. The van der Waals surface area contributed by atoms with Crippen molar-refractivity contribution in [1.82, 2.24) is 14.6 Å². The van der Waals surface area contributed by atoms with Crippen LogP contribution in [-0.4, -0.2) is 34.7 Å². The Labute approximate surface area is 94.9 Å². The lowest BCUT2D eigenvalue weighted by atomic mass is 10.2. The fourth-order valence-corrected chi connectivity index (χ4v) is 1.75. The van der Waals surface area contributed by atoms with Crippen molar-refractivity contribution < 1.29 is 0 Å². The highest BCUT2D eigenvalue weighted by Crippen LogP contribution is 2.16. The number of anilines is 1. The third-order valence-electron chi connectivity index (χ3n) is 2.59. The van der Waals surface area contributed by atoms with Crippen LogP contribution in [0.25, 0.3) is 5.65 Å². The number of aryl methyl sites for hydroxylation is 1. The van der Waals surface area contributed by atoms with E-state index in [-0.39, 0.29) is 0 Å². The van der Waals surface area contributed by atoms with Gasteiger partial charge >= 0.3 is 0 Å². The summed E-state index contributed by atoms with van der Waals surface area (Å²) in [5.74, 6) is 1.06. The lowest BCUT2D eigenvalue weighted by Crippen LogP contribution is -2.23. The molecule has 0 saturated heterocycles. The summed E-state index contributed by atoms with van der Waals surface area (Å²) in [6.45, 7) is 3.69. The molecule has 0 aliphatic carbocycles. The van der Waals surface area contributed by atoms with Gasteiger partial charge in [0.2, 0.25) is 0 Å². The van der Waals surface area contributed by atoms with Crippen molar-refractivity contribution in [3.8, 4) is 0 Å². The molecule has 5 nitrogen and oxygen atoms in total. The van der Waals surface area contributed by atoms with Crippen LogP contribution in [-0.2, 0) is 0 Å². The molecule has 5 heteroatoms. The maximum atomic E-state index is 5.52. The van der Waals surface area contributed by atoms with Crippen LogP contribution in [0.2, 0.25) is 0 Å². The van der Waals surface area contributed by atoms with E-state index in [4.69, 9.17) is 5.73 Å². The van der Waals surface area contributed by atoms with E-state index in [1.54, 1.807) is 6.33 Å². The minimum absolute atomic E-state index is 0.705. The van der Waals surface area contributed by atoms with E-state index in [2.05, 4.69) is 28.0 Å². The Hall–Kier alpha value is -1.62. The first-order chi connectivity index (χ1) is 7.72. The molecule has 0 unspecified atom stereocenters. The molecule has 0 radical (unpaired) electrons. The second-order valence-corrected chi connectivity index (χ2v) is 3.98. The minimum Gasteiger partial charge on any atom is -0.360 e. The average Bonchev–Trinajstić information content (AvgIpc) is 2.72. The normalized spacial score (nSPS) is 10.9. The zero-order valence-corrected chi connectivity index (χ0v) is 9.72. The molecule has 0 bridgehead atoms. The Kier molecular flexibility index (Phi) is 3.05. The number of hydrogen-bond acceptors (Lipinski definition) is 4. The first kappa shape index (κ1) is 10.9. The highest BCUT2D eigenvalue weighted by Gasteiger charge is 2.07. The monoisotopic (exact) mass is 219 g/mol. The summed E-state index contributed by atoms with van der Waals surface area (Å²) >= 11 is 0. The Bertz CT molecular complexity index is 476. The third kappa shape index (κ3) is 1.99. The number of aromatic nitrogens is 3. The van der Waals surface area contributed by atoms with Gasteiger partial charge in [-0.25, -0.2) is 4.98 Å². The molecule has 0 aliphatic rings. The maximum absolute atomic E-state index is 5.52. The molecule has 2 rings (SSSR count). The predicted molar refractivity (Wildman–Crippen MR) is 64.7 cm³/mol. The summed E-state index contributed by atoms with van der Waals surface area (Å²) in [5, 5.41) is 4.22. The van der Waals surface area contributed by atoms with Crippen LogP contribution < -0.4 is 10.6 Å². The van der Waals surface area contributed by atoms with Gasteiger partial charge in [-0.2, -0.15) is 9.61 Å². The van der Waals surface area contributed by atoms with Crippen LogP contribution in [0.5, 0.6) is 0 Å². The quantitative estimate of drug-likeness (QED) is 0.827. The molecule has 2 aromatic heterocycles. The van der Waals surface area contributed by atoms with Crippen LogP contribution in [0.15, 0.2) is 18.5 Å². The molecule has 0 spiro atoms. The van der Waals surface area contributed by atoms with Crippen LogP contribution in [0.4, 0.5) is 5.82 Å². The van der Waals surface area contributed by atoms with Crippen molar-refractivity contribution in [1.29, 1.82) is 0 Å². The molecular formula is C11H17N5. The smallest absolute Gasteiger partial charge is 0.157 e. The zero-order valence-electron chi connectivity index (χ0n) is 9.72. The summed E-state index contributed by atoms with van der Waals surface area (Å²) in [5.41, 5.74) is 7.59. The van der Waals surface area contributed by atoms with E-state index in [0.717, 1.165) is 24.4 Å². The van der Waals surface area contributed by atoms with Crippen molar-refractivity contribution in [2.24, 2.45) is 5.73 Å². The van der Waals surface area contributed by atoms with Crippen molar-refractivity contribution in [2.75, 3.05) is 25.0 Å². The highest BCUT2D eigenvalue weighted by molar-refractivity contribution is 5.52. The second kappa shape index (κ2) is 4.49. The van der Waals surface area contributed by atoms with E-state index in [0.29, 0.717) is 6.54 Å². The summed E-state index contributed by atoms with van der Waals surface area (Å²) in [7, 11) is 2.05.